The first-order valence-electron chi connectivity index (χ1n) is 21.3. The minimum atomic E-state index is -0.0637. The molecule has 0 fully saturated rings. The number of para-hydroxylation sites is 1. The van der Waals surface area contributed by atoms with E-state index in [0.717, 1.165) is 50.4 Å². The van der Waals surface area contributed by atoms with Gasteiger partial charge >= 0.3 is 0 Å². The topological polar surface area (TPSA) is 60.2 Å². The third-order valence-electron chi connectivity index (χ3n) is 12.3. The van der Waals surface area contributed by atoms with Crippen LogP contribution in [0.4, 0.5) is 17.1 Å². The Morgan fingerprint density at radius 2 is 0.746 bits per heavy atom. The number of ether oxygens (including phenoxy) is 1. The van der Waals surface area contributed by atoms with Crippen LogP contribution in [-0.2, 0) is 10.2 Å². The third-order valence-corrected chi connectivity index (χ3v) is 12.3. The second-order valence-corrected chi connectivity index (χ2v) is 16.5. The number of fused-ring (bicyclic) bond motifs is 3. The van der Waals surface area contributed by atoms with Crippen molar-refractivity contribution in [2.24, 2.45) is 0 Å². The zero-order chi connectivity index (χ0) is 42.9. The summed E-state index contributed by atoms with van der Waals surface area (Å²) in [4.78, 5) is 2.32. The Balaban J connectivity index is 0.927. The van der Waals surface area contributed by atoms with Crippen LogP contribution in [0.5, 0.6) is 0 Å². The Hall–Kier alpha value is -8.08. The lowest BCUT2D eigenvalue weighted by atomic mass is 9.81. The van der Waals surface area contributed by atoms with Crippen molar-refractivity contribution < 1.29 is 4.74 Å². The molecule has 0 aromatic heterocycles. The molecule has 0 atom stereocenters. The lowest BCUT2D eigenvalue weighted by Crippen LogP contribution is -2.14. The maximum absolute atomic E-state index is 8.55. The van der Waals surface area contributed by atoms with E-state index in [4.69, 9.17) is 15.6 Å². The predicted molar refractivity (Wildman–Crippen MR) is 262 cm³/mol. The van der Waals surface area contributed by atoms with Crippen LogP contribution >= 0.6 is 0 Å². The Bertz CT molecular complexity index is 3120. The molecule has 302 valence electrons. The standard InChI is InChI=1S/C59H45N3O/c1-59(2)55-24-14-13-23-53(55)54-38-33-45(39-56(54)59)40-29-34-47(35-30-40)62(46-17-7-4-8-18-46)48-36-31-42(32-37-48)50-20-10-12-22-52(50)51-21-11-9-19-49(51)41-25-27-44(28-26-41)58(61)63-57(60)43-15-5-3-6-16-43/h3-39,60-61H,1-2H3. The van der Waals surface area contributed by atoms with E-state index in [2.05, 4.69) is 189 Å². The van der Waals surface area contributed by atoms with Gasteiger partial charge in [0.15, 0.2) is 0 Å². The summed E-state index contributed by atoms with van der Waals surface area (Å²) in [6.45, 7) is 4.67. The Kier molecular flexibility index (Phi) is 10.2. The fourth-order valence-corrected chi connectivity index (χ4v) is 9.05. The number of hydrogen-bond donors (Lipinski definition) is 2. The maximum Gasteiger partial charge on any atom is 0.221 e. The summed E-state index contributed by atoms with van der Waals surface area (Å²) in [6, 6.07) is 78.2. The smallest absolute Gasteiger partial charge is 0.221 e. The first-order valence-corrected chi connectivity index (χ1v) is 21.3. The van der Waals surface area contributed by atoms with E-state index < -0.39 is 0 Å². The van der Waals surface area contributed by atoms with Gasteiger partial charge < -0.3 is 9.64 Å². The fourth-order valence-electron chi connectivity index (χ4n) is 9.05. The van der Waals surface area contributed by atoms with Gasteiger partial charge in [0.25, 0.3) is 0 Å². The number of rotatable bonds is 9. The van der Waals surface area contributed by atoms with Gasteiger partial charge in [0, 0.05) is 33.6 Å². The largest absolute Gasteiger partial charge is 0.421 e. The highest BCUT2D eigenvalue weighted by Crippen LogP contribution is 2.50. The van der Waals surface area contributed by atoms with Crippen molar-refractivity contribution in [2.45, 2.75) is 19.3 Å². The van der Waals surface area contributed by atoms with Gasteiger partial charge in [0.1, 0.15) is 0 Å². The van der Waals surface area contributed by atoms with Crippen LogP contribution in [0.25, 0.3) is 55.6 Å². The summed E-state index contributed by atoms with van der Waals surface area (Å²) in [6.07, 6.45) is 0. The zero-order valence-electron chi connectivity index (χ0n) is 35.2. The fraction of sp³-hybridized carbons (Fsp3) is 0.0508. The monoisotopic (exact) mass is 811 g/mol. The highest BCUT2D eigenvalue weighted by molar-refractivity contribution is 6.05. The molecule has 0 saturated heterocycles. The van der Waals surface area contributed by atoms with Crippen LogP contribution in [0.15, 0.2) is 224 Å². The van der Waals surface area contributed by atoms with E-state index in [0.29, 0.717) is 11.1 Å². The maximum atomic E-state index is 8.55. The highest BCUT2D eigenvalue weighted by Gasteiger charge is 2.35. The van der Waals surface area contributed by atoms with Gasteiger partial charge in [-0.3, -0.25) is 10.8 Å². The third kappa shape index (κ3) is 7.42. The van der Waals surface area contributed by atoms with E-state index in [9.17, 15) is 0 Å². The molecule has 10 rings (SSSR count). The number of hydrogen-bond acceptors (Lipinski definition) is 4. The molecule has 0 spiro atoms. The van der Waals surface area contributed by atoms with Crippen LogP contribution in [0, 0.1) is 10.8 Å². The van der Waals surface area contributed by atoms with Gasteiger partial charge in [-0.2, -0.15) is 0 Å². The summed E-state index contributed by atoms with van der Waals surface area (Å²) in [7, 11) is 0. The molecule has 0 bridgehead atoms. The average Bonchev–Trinajstić information content (AvgIpc) is 3.57. The molecule has 1 aliphatic carbocycles. The van der Waals surface area contributed by atoms with E-state index in [1.54, 1.807) is 12.1 Å². The van der Waals surface area contributed by atoms with Crippen LogP contribution in [0.1, 0.15) is 36.1 Å². The summed E-state index contributed by atoms with van der Waals surface area (Å²) in [5, 5.41) is 16.9. The van der Waals surface area contributed by atoms with E-state index in [1.165, 1.54) is 33.4 Å². The molecule has 1 aliphatic rings. The molecule has 0 saturated carbocycles. The van der Waals surface area contributed by atoms with Crippen molar-refractivity contribution in [3.63, 3.8) is 0 Å². The molecular weight excluding hydrogens is 767 g/mol. The normalized spacial score (nSPS) is 12.2. The minimum absolute atomic E-state index is 0.0479. The summed E-state index contributed by atoms with van der Waals surface area (Å²) in [5.74, 6) is -0.116. The molecule has 9 aromatic carbocycles. The van der Waals surface area contributed by atoms with E-state index >= 15 is 0 Å². The lowest BCUT2D eigenvalue weighted by Gasteiger charge is -2.26. The number of nitrogens with zero attached hydrogens (tertiary/aromatic N) is 1. The Morgan fingerprint density at radius 3 is 1.32 bits per heavy atom. The van der Waals surface area contributed by atoms with Crippen molar-refractivity contribution >= 4 is 28.9 Å². The molecule has 0 aliphatic heterocycles. The first kappa shape index (κ1) is 39.1. The Morgan fingerprint density at radius 1 is 0.349 bits per heavy atom. The van der Waals surface area contributed by atoms with Crippen LogP contribution in [0.3, 0.4) is 0 Å². The van der Waals surface area contributed by atoms with Gasteiger partial charge in [-0.25, -0.2) is 0 Å². The Labute approximate surface area is 369 Å². The van der Waals surface area contributed by atoms with Crippen molar-refractivity contribution in [1.82, 2.24) is 0 Å². The molecular formula is C59H45N3O. The van der Waals surface area contributed by atoms with Crippen LogP contribution in [-0.4, -0.2) is 11.8 Å². The molecule has 0 amide bonds. The van der Waals surface area contributed by atoms with Crippen molar-refractivity contribution in [3.05, 3.63) is 247 Å². The molecule has 4 nitrogen and oxygen atoms in total. The predicted octanol–water partition coefficient (Wildman–Crippen LogP) is 15.5. The van der Waals surface area contributed by atoms with Gasteiger partial charge in [-0.15, -0.1) is 0 Å². The average molecular weight is 812 g/mol. The minimum Gasteiger partial charge on any atom is -0.421 e. The molecule has 0 heterocycles. The van der Waals surface area contributed by atoms with Gasteiger partial charge in [-0.05, 0) is 133 Å². The number of benzene rings is 9. The SMILES string of the molecule is CC1(C)c2ccccc2-c2ccc(-c3ccc(N(c4ccccc4)c4ccc(-c5ccccc5-c5ccccc5-c5ccc(C(=N)OC(=N)c6ccccc6)cc5)cc4)cc3)cc21. The van der Waals surface area contributed by atoms with Crippen molar-refractivity contribution in [2.75, 3.05) is 4.90 Å². The van der Waals surface area contributed by atoms with E-state index in [1.807, 2.05) is 42.5 Å². The molecule has 63 heavy (non-hydrogen) atoms. The van der Waals surface area contributed by atoms with Crippen molar-refractivity contribution in [1.29, 1.82) is 10.8 Å². The summed E-state index contributed by atoms with van der Waals surface area (Å²) >= 11 is 0. The first-order chi connectivity index (χ1) is 30.8. The van der Waals surface area contributed by atoms with Crippen LogP contribution < -0.4 is 4.90 Å². The number of anilines is 3. The van der Waals surface area contributed by atoms with E-state index in [-0.39, 0.29) is 17.2 Å². The second-order valence-electron chi connectivity index (χ2n) is 16.5. The van der Waals surface area contributed by atoms with Gasteiger partial charge in [0.2, 0.25) is 11.8 Å². The quantitative estimate of drug-likeness (QED) is 0.113. The molecule has 9 aromatic rings. The lowest BCUT2D eigenvalue weighted by molar-refractivity contribution is 0.538. The molecule has 4 heteroatoms. The summed E-state index contributed by atoms with van der Waals surface area (Å²) < 4.78 is 5.61. The summed E-state index contributed by atoms with van der Waals surface area (Å²) in [5.41, 5.74) is 18.9. The number of nitrogens with one attached hydrogen (secondary N) is 2. The van der Waals surface area contributed by atoms with Gasteiger partial charge in [0.05, 0.1) is 0 Å². The molecule has 0 radical (unpaired) electrons. The van der Waals surface area contributed by atoms with Gasteiger partial charge in [-0.1, -0.05) is 172 Å². The highest BCUT2D eigenvalue weighted by atomic mass is 16.5. The zero-order valence-corrected chi connectivity index (χ0v) is 35.2. The van der Waals surface area contributed by atoms with Crippen molar-refractivity contribution in [3.8, 4) is 55.6 Å². The van der Waals surface area contributed by atoms with Crippen LogP contribution in [0.2, 0.25) is 0 Å². The molecule has 2 N–H and O–H groups in total. The molecule has 0 unspecified atom stereocenters. The second kappa shape index (κ2) is 16.4.